The summed E-state index contributed by atoms with van der Waals surface area (Å²) >= 11 is 1.66. The summed E-state index contributed by atoms with van der Waals surface area (Å²) in [6, 6.07) is -0.172. The zero-order valence-corrected chi connectivity index (χ0v) is 7.32. The van der Waals surface area contributed by atoms with Crippen molar-refractivity contribution in [3.63, 3.8) is 0 Å². The highest BCUT2D eigenvalue weighted by Crippen LogP contribution is 2.08. The van der Waals surface area contributed by atoms with Crippen molar-refractivity contribution in [1.29, 1.82) is 0 Å². The maximum Gasteiger partial charge on any atom is 0.238 e. The minimum atomic E-state index is -0.519. The lowest BCUT2D eigenvalue weighted by Gasteiger charge is -2.08. The van der Waals surface area contributed by atoms with Crippen molar-refractivity contribution in [2.45, 2.75) is 6.04 Å². The summed E-state index contributed by atoms with van der Waals surface area (Å²) < 4.78 is 0. The van der Waals surface area contributed by atoms with Gasteiger partial charge in [-0.1, -0.05) is 0 Å². The molecular weight excluding hydrogens is 178 g/mol. The minimum absolute atomic E-state index is 0.0817. The molecule has 1 saturated heterocycles. The van der Waals surface area contributed by atoms with E-state index in [0.29, 0.717) is 0 Å². The molecule has 1 fully saturated rings. The molecule has 0 bridgehead atoms. The van der Waals surface area contributed by atoms with E-state index in [2.05, 4.69) is 10.6 Å². The molecule has 0 aromatic heterocycles. The summed E-state index contributed by atoms with van der Waals surface area (Å²) in [5.41, 5.74) is 4.86. The van der Waals surface area contributed by atoms with Gasteiger partial charge >= 0.3 is 0 Å². The lowest BCUT2D eigenvalue weighted by atomic mass is 10.3. The van der Waals surface area contributed by atoms with Gasteiger partial charge in [-0.05, 0) is 0 Å². The van der Waals surface area contributed by atoms with Crippen molar-refractivity contribution < 1.29 is 9.59 Å². The first kappa shape index (κ1) is 9.34. The number of carbonyl (C=O) groups excluding carboxylic acids is 2. The average molecular weight is 189 g/mol. The predicted molar refractivity (Wildman–Crippen MR) is 46.5 cm³/mol. The SMILES string of the molecule is NC(=O)CNC(=O)[C@H]1CSCN1. The molecule has 0 aromatic rings. The molecule has 0 unspecified atom stereocenters. The third-order valence-electron chi connectivity index (χ3n) is 1.47. The van der Waals surface area contributed by atoms with Gasteiger partial charge in [0.1, 0.15) is 0 Å². The molecule has 4 N–H and O–H groups in total. The molecule has 0 radical (unpaired) electrons. The van der Waals surface area contributed by atoms with Crippen LogP contribution in [0.5, 0.6) is 0 Å². The molecule has 1 aliphatic heterocycles. The molecule has 68 valence electrons. The van der Waals surface area contributed by atoms with Crippen molar-refractivity contribution in [1.82, 2.24) is 10.6 Å². The average Bonchev–Trinajstić information content (AvgIpc) is 2.51. The fraction of sp³-hybridized carbons (Fsp3) is 0.667. The minimum Gasteiger partial charge on any atom is -0.368 e. The highest BCUT2D eigenvalue weighted by Gasteiger charge is 2.21. The number of rotatable bonds is 3. The van der Waals surface area contributed by atoms with Crippen LogP contribution in [-0.4, -0.2) is 36.0 Å². The second-order valence-corrected chi connectivity index (χ2v) is 3.49. The second-order valence-electron chi connectivity index (χ2n) is 2.46. The Kier molecular flexibility index (Phi) is 3.36. The lowest BCUT2D eigenvalue weighted by Crippen LogP contribution is -2.44. The van der Waals surface area contributed by atoms with Crippen molar-refractivity contribution in [2.75, 3.05) is 18.2 Å². The summed E-state index contributed by atoms with van der Waals surface area (Å²) in [5, 5.41) is 5.41. The van der Waals surface area contributed by atoms with Crippen molar-refractivity contribution in [3.05, 3.63) is 0 Å². The van der Waals surface area contributed by atoms with E-state index in [1.54, 1.807) is 11.8 Å². The Morgan fingerprint density at radius 1 is 1.67 bits per heavy atom. The van der Waals surface area contributed by atoms with Crippen LogP contribution < -0.4 is 16.4 Å². The molecule has 1 rings (SSSR count). The Morgan fingerprint density at radius 3 is 2.92 bits per heavy atom. The standard InChI is InChI=1S/C6H11N3O2S/c7-5(10)1-8-6(11)4-2-12-3-9-4/h4,9H,1-3H2,(H2,7,10)(H,8,11)/t4-/m1/s1. The van der Waals surface area contributed by atoms with E-state index in [0.717, 1.165) is 11.6 Å². The van der Waals surface area contributed by atoms with E-state index >= 15 is 0 Å². The number of primary amides is 1. The van der Waals surface area contributed by atoms with Gasteiger partial charge in [0.05, 0.1) is 12.6 Å². The van der Waals surface area contributed by atoms with Gasteiger partial charge in [-0.3, -0.25) is 14.9 Å². The Balaban J connectivity index is 2.23. The van der Waals surface area contributed by atoms with Gasteiger partial charge in [-0.15, -0.1) is 11.8 Å². The molecular formula is C6H11N3O2S. The van der Waals surface area contributed by atoms with Gasteiger partial charge in [-0.25, -0.2) is 0 Å². The zero-order chi connectivity index (χ0) is 8.97. The monoisotopic (exact) mass is 189 g/mol. The molecule has 1 aliphatic rings. The fourth-order valence-electron chi connectivity index (χ4n) is 0.861. The highest BCUT2D eigenvalue weighted by molar-refractivity contribution is 7.99. The number of hydrogen-bond acceptors (Lipinski definition) is 4. The predicted octanol–water partition coefficient (Wildman–Crippen LogP) is -1.75. The molecule has 0 aromatic carbocycles. The molecule has 0 aliphatic carbocycles. The topological polar surface area (TPSA) is 84.2 Å². The molecule has 0 saturated carbocycles. The second kappa shape index (κ2) is 4.32. The van der Waals surface area contributed by atoms with Crippen LogP contribution in [0.3, 0.4) is 0 Å². The molecule has 0 spiro atoms. The van der Waals surface area contributed by atoms with Gasteiger partial charge < -0.3 is 11.1 Å². The zero-order valence-electron chi connectivity index (χ0n) is 6.50. The van der Waals surface area contributed by atoms with Crippen LogP contribution in [0.4, 0.5) is 0 Å². The summed E-state index contributed by atoms with van der Waals surface area (Å²) in [5.74, 6) is 0.868. The normalized spacial score (nSPS) is 22.2. The number of hydrogen-bond donors (Lipinski definition) is 3. The fourth-order valence-corrected chi connectivity index (χ4v) is 1.80. The van der Waals surface area contributed by atoms with E-state index < -0.39 is 5.91 Å². The lowest BCUT2D eigenvalue weighted by molar-refractivity contribution is -0.125. The van der Waals surface area contributed by atoms with Gasteiger partial charge in [0, 0.05) is 11.6 Å². The molecule has 1 heterocycles. The van der Waals surface area contributed by atoms with Crippen molar-refractivity contribution in [3.8, 4) is 0 Å². The van der Waals surface area contributed by atoms with E-state index in [9.17, 15) is 9.59 Å². The third-order valence-corrected chi connectivity index (χ3v) is 2.41. The van der Waals surface area contributed by atoms with Crippen LogP contribution in [0, 0.1) is 0 Å². The first-order chi connectivity index (χ1) is 5.70. The molecule has 1 atom stereocenters. The molecule has 12 heavy (non-hydrogen) atoms. The van der Waals surface area contributed by atoms with E-state index in [1.807, 2.05) is 0 Å². The van der Waals surface area contributed by atoms with Crippen LogP contribution in [0.1, 0.15) is 0 Å². The number of nitrogens with two attached hydrogens (primary N) is 1. The Hall–Kier alpha value is -0.750. The molecule has 2 amide bonds. The van der Waals surface area contributed by atoms with Crippen LogP contribution in [0.25, 0.3) is 0 Å². The molecule has 6 heteroatoms. The quantitative estimate of drug-likeness (QED) is 0.491. The molecule has 5 nitrogen and oxygen atoms in total. The van der Waals surface area contributed by atoms with Crippen LogP contribution in [-0.2, 0) is 9.59 Å². The van der Waals surface area contributed by atoms with Gasteiger partial charge in [-0.2, -0.15) is 0 Å². The maximum atomic E-state index is 11.2. The number of thioether (sulfide) groups is 1. The third kappa shape index (κ3) is 2.71. The largest absolute Gasteiger partial charge is 0.368 e. The first-order valence-corrected chi connectivity index (χ1v) is 4.73. The van der Waals surface area contributed by atoms with E-state index in [-0.39, 0.29) is 18.5 Å². The summed E-state index contributed by atoms with van der Waals surface area (Å²) in [7, 11) is 0. The van der Waals surface area contributed by atoms with Crippen molar-refractivity contribution in [2.24, 2.45) is 5.73 Å². The van der Waals surface area contributed by atoms with E-state index in [4.69, 9.17) is 5.73 Å². The number of carbonyl (C=O) groups is 2. The number of amides is 2. The van der Waals surface area contributed by atoms with E-state index in [1.165, 1.54) is 0 Å². The van der Waals surface area contributed by atoms with Crippen LogP contribution in [0.2, 0.25) is 0 Å². The highest BCUT2D eigenvalue weighted by atomic mass is 32.2. The smallest absolute Gasteiger partial charge is 0.238 e. The summed E-state index contributed by atoms with van der Waals surface area (Å²) in [6.45, 7) is -0.0817. The maximum absolute atomic E-state index is 11.2. The van der Waals surface area contributed by atoms with Crippen LogP contribution >= 0.6 is 11.8 Å². The van der Waals surface area contributed by atoms with Crippen LogP contribution in [0.15, 0.2) is 0 Å². The van der Waals surface area contributed by atoms with Gasteiger partial charge in [0.2, 0.25) is 11.8 Å². The van der Waals surface area contributed by atoms with Gasteiger partial charge in [0.15, 0.2) is 0 Å². The summed E-state index contributed by atoms with van der Waals surface area (Å²) in [6.07, 6.45) is 0. The number of nitrogens with one attached hydrogen (secondary N) is 2. The summed E-state index contributed by atoms with van der Waals surface area (Å²) in [4.78, 5) is 21.5. The Bertz CT molecular complexity index is 191. The first-order valence-electron chi connectivity index (χ1n) is 3.57. The Morgan fingerprint density at radius 2 is 2.42 bits per heavy atom. The van der Waals surface area contributed by atoms with Crippen molar-refractivity contribution >= 4 is 23.6 Å². The Labute approximate surface area is 74.4 Å². The van der Waals surface area contributed by atoms with Gasteiger partial charge in [0.25, 0.3) is 0 Å².